The Morgan fingerprint density at radius 3 is 3.08 bits per heavy atom. The Morgan fingerprint density at radius 1 is 1.62 bits per heavy atom. The van der Waals surface area contributed by atoms with Crippen LogP contribution in [-0.2, 0) is 18.3 Å². The number of phosphoric acid groups is 1. The van der Waals surface area contributed by atoms with Crippen LogP contribution in [0, 0.1) is 0 Å². The number of anilines is 1. The molecule has 5 N–H and O–H groups in total. The number of nitrogen functional groups attached to an aromatic ring is 1. The summed E-state index contributed by atoms with van der Waals surface area (Å²) in [6, 6.07) is 0. The van der Waals surface area contributed by atoms with E-state index in [9.17, 15) is 19.4 Å². The van der Waals surface area contributed by atoms with Crippen molar-refractivity contribution >= 4 is 24.9 Å². The van der Waals surface area contributed by atoms with Crippen molar-refractivity contribution in [2.24, 2.45) is 0 Å². The second-order valence-corrected chi connectivity index (χ2v) is 6.71. The summed E-state index contributed by atoms with van der Waals surface area (Å²) in [5.41, 5.74) is 5.33. The molecule has 132 valence electrons. The lowest BCUT2D eigenvalue weighted by Crippen LogP contribution is -2.26. The predicted molar refractivity (Wildman–Crippen MR) is 79.9 cm³/mol. The SMILES string of the molecule is COP(=O)(O)OC[C@H]1O[C@@H](n2cnc3c(=O)[nH]c(N)nc32)C[C@@H]1O. The van der Waals surface area contributed by atoms with E-state index >= 15 is 0 Å². The average Bonchev–Trinajstić information content (AvgIpc) is 3.09. The zero-order chi connectivity index (χ0) is 17.5. The molecule has 0 aliphatic carbocycles. The molecule has 1 unspecified atom stereocenters. The lowest BCUT2D eigenvalue weighted by atomic mass is 10.2. The van der Waals surface area contributed by atoms with Gasteiger partial charge in [-0.2, -0.15) is 4.98 Å². The number of aromatic amines is 1. The number of phosphoric ester groups is 1. The summed E-state index contributed by atoms with van der Waals surface area (Å²) in [5.74, 6) is -0.0750. The van der Waals surface area contributed by atoms with Crippen LogP contribution in [0.3, 0.4) is 0 Å². The first-order valence-electron chi connectivity index (χ1n) is 6.89. The lowest BCUT2D eigenvalue weighted by molar-refractivity contribution is -0.0431. The number of hydrogen-bond donors (Lipinski definition) is 4. The fraction of sp³-hybridized carbons (Fsp3) is 0.545. The normalized spacial score (nSPS) is 26.7. The van der Waals surface area contributed by atoms with E-state index in [-0.39, 0.29) is 30.1 Å². The first-order chi connectivity index (χ1) is 11.3. The van der Waals surface area contributed by atoms with Crippen LogP contribution in [0.15, 0.2) is 11.1 Å². The van der Waals surface area contributed by atoms with E-state index in [0.29, 0.717) is 0 Å². The highest BCUT2D eigenvalue weighted by Gasteiger charge is 2.37. The fourth-order valence-corrected chi connectivity index (χ4v) is 2.85. The minimum absolute atomic E-state index is 0.0750. The van der Waals surface area contributed by atoms with Crippen LogP contribution in [0.2, 0.25) is 0 Å². The molecule has 1 aliphatic rings. The Hall–Kier alpha value is -1.82. The van der Waals surface area contributed by atoms with Gasteiger partial charge in [0.05, 0.1) is 19.0 Å². The van der Waals surface area contributed by atoms with Crippen molar-refractivity contribution in [1.82, 2.24) is 19.5 Å². The Bertz CT molecular complexity index is 851. The Morgan fingerprint density at radius 2 is 2.38 bits per heavy atom. The van der Waals surface area contributed by atoms with Crippen molar-refractivity contribution in [3.8, 4) is 0 Å². The molecule has 3 heterocycles. The summed E-state index contributed by atoms with van der Waals surface area (Å²) in [6.45, 7) is -0.345. The maximum absolute atomic E-state index is 11.8. The van der Waals surface area contributed by atoms with E-state index in [1.54, 1.807) is 0 Å². The topological polar surface area (TPSA) is 175 Å². The van der Waals surface area contributed by atoms with E-state index in [1.165, 1.54) is 10.9 Å². The third kappa shape index (κ3) is 3.20. The number of nitrogens with one attached hydrogen (secondary N) is 1. The van der Waals surface area contributed by atoms with Crippen LogP contribution >= 0.6 is 7.82 Å². The van der Waals surface area contributed by atoms with Gasteiger partial charge in [-0.15, -0.1) is 0 Å². The van der Waals surface area contributed by atoms with Crippen molar-refractivity contribution in [3.63, 3.8) is 0 Å². The van der Waals surface area contributed by atoms with Gasteiger partial charge in [-0.25, -0.2) is 9.55 Å². The molecule has 0 saturated carbocycles. The van der Waals surface area contributed by atoms with Crippen molar-refractivity contribution in [3.05, 3.63) is 16.7 Å². The van der Waals surface area contributed by atoms with Crippen LogP contribution in [0.1, 0.15) is 12.6 Å². The third-order valence-corrected chi connectivity index (χ3v) is 4.53. The second-order valence-electron chi connectivity index (χ2n) is 5.15. The zero-order valence-electron chi connectivity index (χ0n) is 12.5. The number of nitrogens with two attached hydrogens (primary N) is 1. The van der Waals surface area contributed by atoms with Gasteiger partial charge in [0.15, 0.2) is 11.2 Å². The summed E-state index contributed by atoms with van der Waals surface area (Å²) in [6.07, 6.45) is -1.01. The van der Waals surface area contributed by atoms with Crippen molar-refractivity contribution < 1.29 is 28.3 Å². The van der Waals surface area contributed by atoms with E-state index in [1.807, 2.05) is 0 Å². The smallest absolute Gasteiger partial charge is 0.390 e. The highest BCUT2D eigenvalue weighted by atomic mass is 31.2. The van der Waals surface area contributed by atoms with Gasteiger partial charge in [0.25, 0.3) is 5.56 Å². The molecular weight excluding hydrogens is 345 g/mol. The Balaban J connectivity index is 1.80. The third-order valence-electron chi connectivity index (χ3n) is 3.60. The molecule has 0 amide bonds. The number of aliphatic hydroxyl groups is 1. The number of ether oxygens (including phenoxy) is 1. The number of H-pyrrole nitrogens is 1. The van der Waals surface area contributed by atoms with Gasteiger partial charge in [0.2, 0.25) is 5.95 Å². The van der Waals surface area contributed by atoms with Gasteiger partial charge < -0.3 is 20.5 Å². The molecule has 0 radical (unpaired) electrons. The van der Waals surface area contributed by atoms with Crippen molar-refractivity contribution in [1.29, 1.82) is 0 Å². The number of hydrogen-bond acceptors (Lipinski definition) is 9. The number of fused-ring (bicyclic) bond motifs is 1. The molecule has 0 aromatic carbocycles. The standard InChI is InChI=1S/C11H16N5O7P/c1-21-24(19,20)22-3-6-5(17)2-7(23-6)16-4-13-8-9(16)14-11(12)15-10(8)18/h4-7,17H,2-3H2,1H3,(H,19,20)(H3,12,14,15,18)/t5-,6+,7+/m0/s1. The minimum atomic E-state index is -4.17. The Labute approximate surface area is 134 Å². The van der Waals surface area contributed by atoms with Gasteiger partial charge in [-0.3, -0.25) is 23.4 Å². The zero-order valence-corrected chi connectivity index (χ0v) is 13.4. The van der Waals surface area contributed by atoms with Gasteiger partial charge in [0, 0.05) is 13.5 Å². The molecule has 3 rings (SSSR count). The molecule has 0 spiro atoms. The van der Waals surface area contributed by atoms with Crippen LogP contribution in [0.25, 0.3) is 11.2 Å². The second kappa shape index (κ2) is 6.24. The van der Waals surface area contributed by atoms with Gasteiger partial charge in [-0.05, 0) is 0 Å². The predicted octanol–water partition coefficient (Wildman–Crippen LogP) is -0.886. The molecule has 0 bridgehead atoms. The van der Waals surface area contributed by atoms with Gasteiger partial charge in [-0.1, -0.05) is 0 Å². The van der Waals surface area contributed by atoms with Crippen LogP contribution < -0.4 is 11.3 Å². The summed E-state index contributed by atoms with van der Waals surface area (Å²) in [5, 5.41) is 10.0. The molecule has 24 heavy (non-hydrogen) atoms. The highest BCUT2D eigenvalue weighted by molar-refractivity contribution is 7.47. The molecule has 2 aromatic rings. The number of rotatable bonds is 5. The first kappa shape index (κ1) is 17.0. The van der Waals surface area contributed by atoms with Crippen molar-refractivity contribution in [2.75, 3.05) is 19.5 Å². The van der Waals surface area contributed by atoms with E-state index < -0.39 is 31.8 Å². The first-order valence-corrected chi connectivity index (χ1v) is 8.39. The maximum atomic E-state index is 11.8. The van der Waals surface area contributed by atoms with E-state index in [2.05, 4.69) is 19.5 Å². The molecule has 1 saturated heterocycles. The summed E-state index contributed by atoms with van der Waals surface area (Å²) in [7, 11) is -3.14. The lowest BCUT2D eigenvalue weighted by Gasteiger charge is -2.17. The minimum Gasteiger partial charge on any atom is -0.390 e. The average molecular weight is 361 g/mol. The molecule has 1 fully saturated rings. The fourth-order valence-electron chi connectivity index (χ4n) is 2.41. The summed E-state index contributed by atoms with van der Waals surface area (Å²) in [4.78, 5) is 31.3. The largest absolute Gasteiger partial charge is 0.472 e. The molecule has 13 heteroatoms. The molecule has 2 aromatic heterocycles. The molecular formula is C11H16N5O7P. The quantitative estimate of drug-likeness (QED) is 0.489. The summed E-state index contributed by atoms with van der Waals surface area (Å²) >= 11 is 0. The highest BCUT2D eigenvalue weighted by Crippen LogP contribution is 2.43. The van der Waals surface area contributed by atoms with E-state index in [4.69, 9.17) is 15.0 Å². The van der Waals surface area contributed by atoms with Crippen LogP contribution in [-0.4, -0.2) is 55.4 Å². The van der Waals surface area contributed by atoms with Crippen LogP contribution in [0.4, 0.5) is 5.95 Å². The number of nitrogens with zero attached hydrogens (tertiary/aromatic N) is 3. The number of imidazole rings is 1. The van der Waals surface area contributed by atoms with Crippen LogP contribution in [0.5, 0.6) is 0 Å². The van der Waals surface area contributed by atoms with Gasteiger partial charge in [0.1, 0.15) is 12.3 Å². The molecule has 4 atom stereocenters. The number of aliphatic hydroxyl groups excluding tert-OH is 1. The number of aromatic nitrogens is 4. The monoisotopic (exact) mass is 361 g/mol. The molecule has 12 nitrogen and oxygen atoms in total. The van der Waals surface area contributed by atoms with E-state index in [0.717, 1.165) is 7.11 Å². The van der Waals surface area contributed by atoms with Crippen molar-refractivity contribution in [2.45, 2.75) is 24.9 Å². The molecule has 1 aliphatic heterocycles. The van der Waals surface area contributed by atoms with Gasteiger partial charge >= 0.3 is 7.82 Å². The Kier molecular flexibility index (Phi) is 4.42. The summed E-state index contributed by atoms with van der Waals surface area (Å²) < 4.78 is 27.4. The maximum Gasteiger partial charge on any atom is 0.472 e.